The molecule has 0 radical (unpaired) electrons. The average Bonchev–Trinajstić information content (AvgIpc) is 3.15. The first kappa shape index (κ1) is 18.4. The number of hydrogen-bond donors (Lipinski definition) is 1. The first-order chi connectivity index (χ1) is 12.6. The van der Waals surface area contributed by atoms with Gasteiger partial charge in [-0.1, -0.05) is 18.2 Å². The Hall–Kier alpha value is -2.41. The molecule has 1 atom stereocenters. The lowest BCUT2D eigenvalue weighted by molar-refractivity contribution is 0.199. The second kappa shape index (κ2) is 8.31. The number of ether oxygens (including phenoxy) is 2. The summed E-state index contributed by atoms with van der Waals surface area (Å²) in [4.78, 5) is 14.4. The van der Waals surface area contributed by atoms with Crippen LogP contribution in [0, 0.1) is 5.82 Å². The zero-order valence-corrected chi connectivity index (χ0v) is 15.5. The summed E-state index contributed by atoms with van der Waals surface area (Å²) in [6.07, 6.45) is 0. The number of nitrogens with one attached hydrogen (secondary N) is 1. The van der Waals surface area contributed by atoms with Crippen LogP contribution >= 0.6 is 11.8 Å². The fourth-order valence-corrected chi connectivity index (χ4v) is 4.13. The number of amides is 2. The first-order valence-corrected chi connectivity index (χ1v) is 9.29. The Balaban J connectivity index is 1.66. The molecule has 1 saturated heterocycles. The molecule has 138 valence electrons. The summed E-state index contributed by atoms with van der Waals surface area (Å²) >= 11 is 1.64. The van der Waals surface area contributed by atoms with E-state index in [1.165, 1.54) is 12.1 Å². The summed E-state index contributed by atoms with van der Waals surface area (Å²) in [5.74, 6) is 1.80. The minimum Gasteiger partial charge on any atom is -0.493 e. The van der Waals surface area contributed by atoms with E-state index < -0.39 is 0 Å². The number of benzene rings is 2. The van der Waals surface area contributed by atoms with Crippen molar-refractivity contribution < 1.29 is 18.7 Å². The number of hydrogen-bond acceptors (Lipinski definition) is 4. The van der Waals surface area contributed by atoms with Gasteiger partial charge in [-0.3, -0.25) is 0 Å². The lowest BCUT2D eigenvalue weighted by Gasteiger charge is -2.24. The van der Waals surface area contributed by atoms with Crippen LogP contribution in [0.3, 0.4) is 0 Å². The van der Waals surface area contributed by atoms with Gasteiger partial charge in [0.25, 0.3) is 0 Å². The molecule has 0 aliphatic carbocycles. The Morgan fingerprint density at radius 1 is 1.23 bits per heavy atom. The zero-order chi connectivity index (χ0) is 18.5. The standard InChI is InChI=1S/C19H21FN2O3S/c1-24-16-7-6-13(10-17(16)25-2)12-21-19(23)22-8-9-26-18(22)14-4-3-5-15(20)11-14/h3-7,10-11,18H,8-9,12H2,1-2H3,(H,21,23)/t18-/m1/s1. The molecule has 1 N–H and O–H groups in total. The Morgan fingerprint density at radius 2 is 2.04 bits per heavy atom. The van der Waals surface area contributed by atoms with E-state index in [0.29, 0.717) is 24.6 Å². The van der Waals surface area contributed by atoms with E-state index in [2.05, 4.69) is 5.32 Å². The zero-order valence-electron chi connectivity index (χ0n) is 14.7. The number of rotatable bonds is 5. The maximum absolute atomic E-state index is 13.5. The van der Waals surface area contributed by atoms with Crippen molar-refractivity contribution in [2.45, 2.75) is 11.9 Å². The van der Waals surface area contributed by atoms with Gasteiger partial charge in [0.15, 0.2) is 11.5 Å². The van der Waals surface area contributed by atoms with E-state index in [4.69, 9.17) is 9.47 Å². The molecule has 0 unspecified atom stereocenters. The van der Waals surface area contributed by atoms with Crippen molar-refractivity contribution in [1.29, 1.82) is 0 Å². The van der Waals surface area contributed by atoms with Gasteiger partial charge in [0.2, 0.25) is 0 Å². The predicted molar refractivity (Wildman–Crippen MR) is 100 cm³/mol. The van der Waals surface area contributed by atoms with Crippen molar-refractivity contribution in [3.8, 4) is 11.5 Å². The average molecular weight is 376 g/mol. The van der Waals surface area contributed by atoms with Gasteiger partial charge in [0.05, 0.1) is 14.2 Å². The van der Waals surface area contributed by atoms with Crippen LogP contribution in [0.25, 0.3) is 0 Å². The molecule has 2 aromatic rings. The maximum Gasteiger partial charge on any atom is 0.318 e. The van der Waals surface area contributed by atoms with E-state index in [-0.39, 0.29) is 17.2 Å². The van der Waals surface area contributed by atoms with Crippen LogP contribution < -0.4 is 14.8 Å². The molecule has 26 heavy (non-hydrogen) atoms. The molecule has 2 aromatic carbocycles. The molecule has 2 amide bonds. The second-order valence-corrected chi connectivity index (χ2v) is 7.01. The Kier molecular flexibility index (Phi) is 5.88. The van der Waals surface area contributed by atoms with Crippen molar-refractivity contribution in [1.82, 2.24) is 10.2 Å². The lowest BCUT2D eigenvalue weighted by atomic mass is 10.2. The monoisotopic (exact) mass is 376 g/mol. The normalized spacial score (nSPS) is 16.4. The van der Waals surface area contributed by atoms with Crippen LogP contribution in [0.1, 0.15) is 16.5 Å². The van der Waals surface area contributed by atoms with Gasteiger partial charge in [0, 0.05) is 18.8 Å². The Bertz CT molecular complexity index is 787. The largest absolute Gasteiger partial charge is 0.493 e. The fourth-order valence-electron chi connectivity index (χ4n) is 2.88. The molecule has 0 aromatic heterocycles. The summed E-state index contributed by atoms with van der Waals surface area (Å²) in [7, 11) is 3.15. The minimum atomic E-state index is -0.291. The molecule has 1 aliphatic rings. The van der Waals surface area contributed by atoms with Crippen molar-refractivity contribution in [2.24, 2.45) is 0 Å². The van der Waals surface area contributed by atoms with Crippen molar-refractivity contribution in [3.05, 3.63) is 59.4 Å². The molecule has 1 heterocycles. The van der Waals surface area contributed by atoms with E-state index >= 15 is 0 Å². The Morgan fingerprint density at radius 3 is 2.77 bits per heavy atom. The topological polar surface area (TPSA) is 50.8 Å². The highest BCUT2D eigenvalue weighted by atomic mass is 32.2. The van der Waals surface area contributed by atoms with Gasteiger partial charge in [0.1, 0.15) is 11.2 Å². The van der Waals surface area contributed by atoms with Gasteiger partial charge < -0.3 is 19.7 Å². The highest BCUT2D eigenvalue weighted by molar-refractivity contribution is 7.99. The van der Waals surface area contributed by atoms with Crippen LogP contribution in [0.2, 0.25) is 0 Å². The molecule has 1 aliphatic heterocycles. The van der Waals surface area contributed by atoms with Gasteiger partial charge in [-0.05, 0) is 35.4 Å². The first-order valence-electron chi connectivity index (χ1n) is 8.25. The third-order valence-corrected chi connectivity index (χ3v) is 5.44. The smallest absolute Gasteiger partial charge is 0.318 e. The number of thioether (sulfide) groups is 1. The van der Waals surface area contributed by atoms with Crippen molar-refractivity contribution in [2.75, 3.05) is 26.5 Å². The van der Waals surface area contributed by atoms with Crippen LogP contribution in [-0.2, 0) is 6.54 Å². The molecular formula is C19H21FN2O3S. The maximum atomic E-state index is 13.5. The number of halogens is 1. The highest BCUT2D eigenvalue weighted by Crippen LogP contribution is 2.38. The molecule has 3 rings (SSSR count). The lowest BCUT2D eigenvalue weighted by Crippen LogP contribution is -2.39. The van der Waals surface area contributed by atoms with E-state index in [9.17, 15) is 9.18 Å². The molecule has 0 saturated carbocycles. The van der Waals surface area contributed by atoms with Crippen LogP contribution in [-0.4, -0.2) is 37.4 Å². The molecular weight excluding hydrogens is 355 g/mol. The summed E-state index contributed by atoms with van der Waals surface area (Å²) < 4.78 is 24.0. The summed E-state index contributed by atoms with van der Waals surface area (Å²) in [5.41, 5.74) is 1.71. The summed E-state index contributed by atoms with van der Waals surface area (Å²) in [6.45, 7) is 1.000. The third kappa shape index (κ3) is 4.04. The number of carbonyl (C=O) groups is 1. The second-order valence-electron chi connectivity index (χ2n) is 5.82. The quantitative estimate of drug-likeness (QED) is 0.862. The van der Waals surface area contributed by atoms with Crippen molar-refractivity contribution in [3.63, 3.8) is 0 Å². The van der Waals surface area contributed by atoms with E-state index in [1.54, 1.807) is 36.9 Å². The van der Waals surface area contributed by atoms with Crippen LogP contribution in [0.15, 0.2) is 42.5 Å². The van der Waals surface area contributed by atoms with Crippen LogP contribution in [0.5, 0.6) is 11.5 Å². The number of carbonyl (C=O) groups excluding carboxylic acids is 1. The van der Waals surface area contributed by atoms with Gasteiger partial charge in [-0.2, -0.15) is 0 Å². The molecule has 0 bridgehead atoms. The number of urea groups is 1. The molecule has 7 heteroatoms. The molecule has 5 nitrogen and oxygen atoms in total. The van der Waals surface area contributed by atoms with Gasteiger partial charge in [-0.25, -0.2) is 9.18 Å². The summed E-state index contributed by atoms with van der Waals surface area (Å²) in [5, 5.41) is 2.76. The van der Waals surface area contributed by atoms with E-state index in [0.717, 1.165) is 16.9 Å². The molecule has 0 spiro atoms. The highest BCUT2D eigenvalue weighted by Gasteiger charge is 2.30. The minimum absolute atomic E-state index is 0.168. The van der Waals surface area contributed by atoms with E-state index in [1.807, 2.05) is 24.3 Å². The van der Waals surface area contributed by atoms with Crippen molar-refractivity contribution >= 4 is 17.8 Å². The molecule has 1 fully saturated rings. The predicted octanol–water partition coefficient (Wildman–Crippen LogP) is 3.80. The fraction of sp³-hybridized carbons (Fsp3) is 0.316. The SMILES string of the molecule is COc1ccc(CNC(=O)N2CCS[C@@H]2c2cccc(F)c2)cc1OC. The Labute approximate surface area is 156 Å². The number of methoxy groups -OCH3 is 2. The third-order valence-electron chi connectivity index (χ3n) is 4.18. The van der Waals surface area contributed by atoms with Gasteiger partial charge >= 0.3 is 6.03 Å². The van der Waals surface area contributed by atoms with Crippen LogP contribution in [0.4, 0.5) is 9.18 Å². The summed E-state index contributed by atoms with van der Waals surface area (Å²) in [6, 6.07) is 11.8. The number of nitrogens with zero attached hydrogens (tertiary/aromatic N) is 1. The van der Waals surface area contributed by atoms with Gasteiger partial charge in [-0.15, -0.1) is 11.8 Å².